The van der Waals surface area contributed by atoms with Crippen LogP contribution in [0, 0.1) is 0 Å². The summed E-state index contributed by atoms with van der Waals surface area (Å²) in [5.74, 6) is 0. The van der Waals surface area contributed by atoms with Crippen molar-refractivity contribution in [3.05, 3.63) is 47.2 Å². The first kappa shape index (κ1) is 16.0. The van der Waals surface area contributed by atoms with Crippen LogP contribution in [0.15, 0.2) is 24.7 Å². The Labute approximate surface area is 153 Å². The minimum absolute atomic E-state index is 0.0422. The fourth-order valence-electron chi connectivity index (χ4n) is 4.56. The average Bonchev–Trinajstić information content (AvgIpc) is 3.25. The van der Waals surface area contributed by atoms with Gasteiger partial charge in [-0.05, 0) is 12.8 Å². The molecule has 6 nitrogen and oxygen atoms in total. The second-order valence-corrected chi connectivity index (χ2v) is 8.86. The predicted octanol–water partition coefficient (Wildman–Crippen LogP) is 3.02. The van der Waals surface area contributed by atoms with Gasteiger partial charge in [0.05, 0.1) is 17.6 Å². The van der Waals surface area contributed by atoms with Gasteiger partial charge in [-0.2, -0.15) is 10.2 Å². The Morgan fingerprint density at radius 2 is 2.04 bits per heavy atom. The highest BCUT2D eigenvalue weighted by Crippen LogP contribution is 2.44. The number of hydrogen-bond acceptors (Lipinski definition) is 4. The molecule has 6 heteroatoms. The highest BCUT2D eigenvalue weighted by molar-refractivity contribution is 5.45. The molecule has 2 aliphatic rings. The van der Waals surface area contributed by atoms with E-state index < -0.39 is 0 Å². The van der Waals surface area contributed by atoms with Crippen molar-refractivity contribution in [2.24, 2.45) is 7.05 Å². The standard InChI is InChI=1S/C20H26N6/c1-20(2,3)18-8-19-21-10-15-16-6-5-14(7-17(15)26(19)23-18)25(16)12-13-9-22-24(4)11-13/h8-11,14,16H,5-7,12H2,1-4H3/t14-,16+/m0/s1. The molecule has 2 aliphatic heterocycles. The van der Waals surface area contributed by atoms with E-state index in [9.17, 15) is 0 Å². The molecule has 2 bridgehead atoms. The van der Waals surface area contributed by atoms with Crippen LogP contribution < -0.4 is 0 Å². The molecular formula is C20H26N6. The molecule has 0 radical (unpaired) electrons. The molecule has 0 saturated carbocycles. The van der Waals surface area contributed by atoms with Crippen molar-refractivity contribution >= 4 is 5.65 Å². The predicted molar refractivity (Wildman–Crippen MR) is 99.9 cm³/mol. The number of fused-ring (bicyclic) bond motifs is 6. The first-order valence-corrected chi connectivity index (χ1v) is 9.51. The number of aromatic nitrogens is 5. The quantitative estimate of drug-likeness (QED) is 0.713. The fourth-order valence-corrected chi connectivity index (χ4v) is 4.56. The molecule has 136 valence electrons. The van der Waals surface area contributed by atoms with E-state index in [4.69, 9.17) is 10.1 Å². The lowest BCUT2D eigenvalue weighted by Crippen LogP contribution is -2.38. The molecule has 0 aromatic carbocycles. The number of hydrogen-bond donors (Lipinski definition) is 0. The van der Waals surface area contributed by atoms with Crippen LogP contribution in [0.3, 0.4) is 0 Å². The maximum atomic E-state index is 4.93. The highest BCUT2D eigenvalue weighted by Gasteiger charge is 2.41. The van der Waals surface area contributed by atoms with Gasteiger partial charge in [-0.25, -0.2) is 9.50 Å². The molecule has 5 rings (SSSR count). The van der Waals surface area contributed by atoms with E-state index in [0.717, 1.165) is 24.3 Å². The van der Waals surface area contributed by atoms with Crippen molar-refractivity contribution in [2.45, 2.75) is 64.1 Å². The molecule has 26 heavy (non-hydrogen) atoms. The lowest BCUT2D eigenvalue weighted by atomic mass is 9.93. The molecule has 1 fully saturated rings. The molecule has 2 atom stereocenters. The van der Waals surface area contributed by atoms with E-state index in [1.807, 2.05) is 17.9 Å². The van der Waals surface area contributed by atoms with Crippen molar-refractivity contribution < 1.29 is 0 Å². The summed E-state index contributed by atoms with van der Waals surface area (Å²) in [7, 11) is 1.98. The van der Waals surface area contributed by atoms with E-state index in [-0.39, 0.29) is 5.41 Å². The Balaban J connectivity index is 1.54. The maximum absolute atomic E-state index is 4.93. The molecule has 3 aromatic rings. The third-order valence-corrected chi connectivity index (χ3v) is 5.94. The van der Waals surface area contributed by atoms with Crippen LogP contribution >= 0.6 is 0 Å². The second-order valence-electron chi connectivity index (χ2n) is 8.86. The molecular weight excluding hydrogens is 324 g/mol. The first-order chi connectivity index (χ1) is 12.4. The minimum atomic E-state index is 0.0422. The van der Waals surface area contributed by atoms with Crippen LogP contribution in [0.5, 0.6) is 0 Å². The molecule has 0 amide bonds. The van der Waals surface area contributed by atoms with E-state index in [1.165, 1.54) is 29.7 Å². The zero-order valence-electron chi connectivity index (χ0n) is 16.0. The Bertz CT molecular complexity index is 976. The largest absolute Gasteiger partial charge is 0.289 e. The minimum Gasteiger partial charge on any atom is -0.289 e. The normalized spacial score (nSPS) is 22.9. The highest BCUT2D eigenvalue weighted by atomic mass is 15.3. The van der Waals surface area contributed by atoms with Gasteiger partial charge in [-0.15, -0.1) is 0 Å². The van der Waals surface area contributed by atoms with Crippen LogP contribution in [0.25, 0.3) is 5.65 Å². The third kappa shape index (κ3) is 2.39. The van der Waals surface area contributed by atoms with E-state index in [0.29, 0.717) is 12.1 Å². The molecule has 3 aromatic heterocycles. The van der Waals surface area contributed by atoms with Crippen LogP contribution in [0.2, 0.25) is 0 Å². The van der Waals surface area contributed by atoms with Gasteiger partial charge in [0.2, 0.25) is 0 Å². The fraction of sp³-hybridized carbons (Fsp3) is 0.550. The van der Waals surface area contributed by atoms with Gasteiger partial charge in [0, 0.05) is 67.1 Å². The Hall–Kier alpha value is -2.21. The van der Waals surface area contributed by atoms with Gasteiger partial charge in [-0.3, -0.25) is 9.58 Å². The molecule has 1 saturated heterocycles. The molecule has 0 N–H and O–H groups in total. The number of rotatable bonds is 2. The van der Waals surface area contributed by atoms with Gasteiger partial charge in [-0.1, -0.05) is 20.8 Å². The third-order valence-electron chi connectivity index (χ3n) is 5.94. The van der Waals surface area contributed by atoms with Crippen LogP contribution in [0.4, 0.5) is 0 Å². The monoisotopic (exact) mass is 350 g/mol. The lowest BCUT2D eigenvalue weighted by Gasteiger charge is -2.35. The van der Waals surface area contributed by atoms with Gasteiger partial charge >= 0.3 is 0 Å². The maximum Gasteiger partial charge on any atom is 0.155 e. The summed E-state index contributed by atoms with van der Waals surface area (Å²) in [6.45, 7) is 7.59. The molecule has 0 unspecified atom stereocenters. The van der Waals surface area contributed by atoms with Crippen molar-refractivity contribution in [2.75, 3.05) is 0 Å². The van der Waals surface area contributed by atoms with Gasteiger partial charge in [0.25, 0.3) is 0 Å². The van der Waals surface area contributed by atoms with Crippen LogP contribution in [-0.2, 0) is 25.4 Å². The zero-order valence-corrected chi connectivity index (χ0v) is 16.0. The van der Waals surface area contributed by atoms with Gasteiger partial charge in [0.15, 0.2) is 5.65 Å². The zero-order chi connectivity index (χ0) is 18.1. The Morgan fingerprint density at radius 1 is 1.19 bits per heavy atom. The summed E-state index contributed by atoms with van der Waals surface area (Å²) in [4.78, 5) is 7.39. The number of aryl methyl sites for hydroxylation is 1. The second kappa shape index (κ2) is 5.39. The van der Waals surface area contributed by atoms with Gasteiger partial charge < -0.3 is 0 Å². The average molecular weight is 350 g/mol. The van der Waals surface area contributed by atoms with E-state index >= 15 is 0 Å². The SMILES string of the molecule is Cn1cc(CN2[C@H]3CC[C@@H]2c2cnc4cc(C(C)(C)C)nn4c2C3)cn1. The Kier molecular flexibility index (Phi) is 3.32. The molecule has 0 spiro atoms. The van der Waals surface area contributed by atoms with Crippen LogP contribution in [-0.4, -0.2) is 35.3 Å². The summed E-state index contributed by atoms with van der Waals surface area (Å²) >= 11 is 0. The molecule has 0 aliphatic carbocycles. The summed E-state index contributed by atoms with van der Waals surface area (Å²) in [6.07, 6.45) is 9.71. The summed E-state index contributed by atoms with van der Waals surface area (Å²) in [5.41, 5.74) is 6.15. The van der Waals surface area contributed by atoms with Crippen molar-refractivity contribution in [3.63, 3.8) is 0 Å². The van der Waals surface area contributed by atoms with E-state index in [2.05, 4.69) is 53.7 Å². The lowest BCUT2D eigenvalue weighted by molar-refractivity contribution is 0.165. The van der Waals surface area contributed by atoms with Crippen molar-refractivity contribution in [1.29, 1.82) is 0 Å². The van der Waals surface area contributed by atoms with E-state index in [1.54, 1.807) is 0 Å². The topological polar surface area (TPSA) is 51.2 Å². The summed E-state index contributed by atoms with van der Waals surface area (Å²) in [6, 6.07) is 3.17. The first-order valence-electron chi connectivity index (χ1n) is 9.51. The van der Waals surface area contributed by atoms with Crippen molar-refractivity contribution in [1.82, 2.24) is 29.3 Å². The van der Waals surface area contributed by atoms with Gasteiger partial charge in [0.1, 0.15) is 0 Å². The summed E-state index contributed by atoms with van der Waals surface area (Å²) in [5, 5.41) is 9.26. The Morgan fingerprint density at radius 3 is 2.77 bits per heavy atom. The summed E-state index contributed by atoms with van der Waals surface area (Å²) < 4.78 is 4.00. The number of nitrogens with zero attached hydrogens (tertiary/aromatic N) is 6. The van der Waals surface area contributed by atoms with Crippen molar-refractivity contribution in [3.8, 4) is 0 Å². The smallest absolute Gasteiger partial charge is 0.155 e. The molecule has 5 heterocycles. The van der Waals surface area contributed by atoms with Crippen LogP contribution in [0.1, 0.15) is 62.2 Å².